The Hall–Kier alpha value is -1.36. The molecule has 0 amide bonds. The maximum Gasteiger partial charge on any atom is 0.219 e. The van der Waals surface area contributed by atoms with E-state index in [2.05, 4.69) is 11.6 Å². The standard InChI is InChI=1S/C10H12N2O2S/c1-2-6-15-10(8-12(13)14)9-4-3-5-11-7-9/h2-5,7,10H,1,6,8H2. The molecule has 0 aliphatic rings. The van der Waals surface area contributed by atoms with Gasteiger partial charge in [-0.15, -0.1) is 18.3 Å². The minimum atomic E-state index is -0.298. The lowest BCUT2D eigenvalue weighted by Gasteiger charge is -2.10. The molecule has 0 N–H and O–H groups in total. The Morgan fingerprint density at radius 1 is 1.73 bits per heavy atom. The molecule has 15 heavy (non-hydrogen) atoms. The van der Waals surface area contributed by atoms with Gasteiger partial charge in [-0.3, -0.25) is 15.1 Å². The number of pyridine rings is 1. The second kappa shape index (κ2) is 6.19. The lowest BCUT2D eigenvalue weighted by molar-refractivity contribution is -0.479. The molecule has 5 heteroatoms. The number of nitro groups is 1. The first-order chi connectivity index (χ1) is 7.24. The predicted octanol–water partition coefficient (Wildman–Crippen LogP) is 2.32. The molecule has 0 bridgehead atoms. The van der Waals surface area contributed by atoms with Gasteiger partial charge in [-0.1, -0.05) is 12.1 Å². The normalized spacial score (nSPS) is 12.0. The van der Waals surface area contributed by atoms with E-state index in [0.29, 0.717) is 5.75 Å². The number of nitrogens with zero attached hydrogens (tertiary/aromatic N) is 2. The first-order valence-electron chi connectivity index (χ1n) is 4.48. The maximum absolute atomic E-state index is 10.5. The first-order valence-corrected chi connectivity index (χ1v) is 5.53. The topological polar surface area (TPSA) is 56.0 Å². The van der Waals surface area contributed by atoms with Gasteiger partial charge in [0.1, 0.15) is 0 Å². The summed E-state index contributed by atoms with van der Waals surface area (Å²) in [6.07, 6.45) is 5.07. The van der Waals surface area contributed by atoms with Crippen molar-refractivity contribution in [1.82, 2.24) is 4.98 Å². The van der Waals surface area contributed by atoms with Gasteiger partial charge in [0.15, 0.2) is 0 Å². The van der Waals surface area contributed by atoms with Gasteiger partial charge in [0.05, 0.1) is 5.25 Å². The van der Waals surface area contributed by atoms with Crippen molar-refractivity contribution in [2.24, 2.45) is 0 Å². The Labute approximate surface area is 92.6 Å². The van der Waals surface area contributed by atoms with Crippen LogP contribution in [0.5, 0.6) is 0 Å². The molecule has 1 atom stereocenters. The summed E-state index contributed by atoms with van der Waals surface area (Å²) in [6.45, 7) is 3.52. The highest BCUT2D eigenvalue weighted by Crippen LogP contribution is 2.28. The van der Waals surface area contributed by atoms with Gasteiger partial charge in [0.2, 0.25) is 6.54 Å². The van der Waals surface area contributed by atoms with Crippen LogP contribution in [0.25, 0.3) is 0 Å². The third-order valence-electron chi connectivity index (χ3n) is 1.79. The summed E-state index contributed by atoms with van der Waals surface area (Å²) in [7, 11) is 0. The van der Waals surface area contributed by atoms with Crippen molar-refractivity contribution < 1.29 is 4.92 Å². The van der Waals surface area contributed by atoms with Crippen molar-refractivity contribution in [3.05, 3.63) is 52.9 Å². The van der Waals surface area contributed by atoms with Crippen molar-refractivity contribution >= 4 is 11.8 Å². The smallest absolute Gasteiger partial charge is 0.219 e. The van der Waals surface area contributed by atoms with E-state index in [-0.39, 0.29) is 16.7 Å². The Balaban J connectivity index is 2.71. The second-order valence-corrected chi connectivity index (χ2v) is 4.15. The second-order valence-electron chi connectivity index (χ2n) is 2.91. The highest BCUT2D eigenvalue weighted by Gasteiger charge is 2.17. The van der Waals surface area contributed by atoms with Crippen LogP contribution in [0.2, 0.25) is 0 Å². The first kappa shape index (κ1) is 11.7. The van der Waals surface area contributed by atoms with Crippen molar-refractivity contribution in [2.75, 3.05) is 12.3 Å². The fourth-order valence-electron chi connectivity index (χ4n) is 1.14. The van der Waals surface area contributed by atoms with Gasteiger partial charge in [0, 0.05) is 23.1 Å². The molecule has 0 aliphatic carbocycles. The van der Waals surface area contributed by atoms with Crippen LogP contribution >= 0.6 is 11.8 Å². The van der Waals surface area contributed by atoms with Gasteiger partial charge in [-0.25, -0.2) is 0 Å². The van der Waals surface area contributed by atoms with Crippen LogP contribution in [0.3, 0.4) is 0 Å². The number of thioether (sulfide) groups is 1. The van der Waals surface area contributed by atoms with E-state index >= 15 is 0 Å². The van der Waals surface area contributed by atoms with Crippen LogP contribution in [-0.2, 0) is 0 Å². The zero-order valence-electron chi connectivity index (χ0n) is 8.20. The molecule has 1 rings (SSSR count). The lowest BCUT2D eigenvalue weighted by atomic mass is 10.2. The van der Waals surface area contributed by atoms with Crippen LogP contribution in [0.15, 0.2) is 37.2 Å². The number of hydrogen-bond donors (Lipinski definition) is 0. The van der Waals surface area contributed by atoms with E-state index in [1.54, 1.807) is 24.5 Å². The molecule has 1 unspecified atom stereocenters. The van der Waals surface area contributed by atoms with Crippen LogP contribution in [0, 0.1) is 10.1 Å². The van der Waals surface area contributed by atoms with E-state index in [9.17, 15) is 10.1 Å². The summed E-state index contributed by atoms with van der Waals surface area (Å²) in [4.78, 5) is 14.2. The number of hydrogen-bond acceptors (Lipinski definition) is 4. The summed E-state index contributed by atoms with van der Waals surface area (Å²) in [5, 5.41) is 10.3. The zero-order chi connectivity index (χ0) is 11.1. The Bertz CT molecular complexity index is 329. The Morgan fingerprint density at radius 3 is 3.07 bits per heavy atom. The fourth-order valence-corrected chi connectivity index (χ4v) is 2.07. The molecule has 1 heterocycles. The predicted molar refractivity (Wildman–Crippen MR) is 61.5 cm³/mol. The van der Waals surface area contributed by atoms with Gasteiger partial charge >= 0.3 is 0 Å². The molecule has 4 nitrogen and oxygen atoms in total. The van der Waals surface area contributed by atoms with Crippen LogP contribution in [0.1, 0.15) is 10.8 Å². The van der Waals surface area contributed by atoms with Crippen LogP contribution in [0.4, 0.5) is 0 Å². The molecule has 0 saturated heterocycles. The molecular formula is C10H12N2O2S. The molecule has 1 aromatic rings. The van der Waals surface area contributed by atoms with Crippen molar-refractivity contribution in [2.45, 2.75) is 5.25 Å². The van der Waals surface area contributed by atoms with E-state index in [4.69, 9.17) is 0 Å². The van der Waals surface area contributed by atoms with Gasteiger partial charge in [-0.2, -0.15) is 0 Å². The molecule has 1 aromatic heterocycles. The van der Waals surface area contributed by atoms with E-state index in [1.165, 1.54) is 11.8 Å². The average Bonchev–Trinajstić information content (AvgIpc) is 2.25. The van der Waals surface area contributed by atoms with Gasteiger partial charge in [-0.05, 0) is 11.6 Å². The largest absolute Gasteiger partial charge is 0.264 e. The van der Waals surface area contributed by atoms with Crippen LogP contribution < -0.4 is 0 Å². The third kappa shape index (κ3) is 4.12. The maximum atomic E-state index is 10.5. The third-order valence-corrected chi connectivity index (χ3v) is 3.04. The minimum Gasteiger partial charge on any atom is -0.264 e. The van der Waals surface area contributed by atoms with E-state index < -0.39 is 0 Å². The van der Waals surface area contributed by atoms with E-state index in [0.717, 1.165) is 5.56 Å². The summed E-state index contributed by atoms with van der Waals surface area (Å²) in [6, 6.07) is 3.65. The number of aromatic nitrogens is 1. The monoisotopic (exact) mass is 224 g/mol. The quantitative estimate of drug-likeness (QED) is 0.422. The summed E-state index contributed by atoms with van der Waals surface area (Å²) in [5.74, 6) is 0.702. The fraction of sp³-hybridized carbons (Fsp3) is 0.300. The minimum absolute atomic E-state index is 0.0792. The van der Waals surface area contributed by atoms with E-state index in [1.807, 2.05) is 6.07 Å². The molecule has 0 fully saturated rings. The molecule has 0 spiro atoms. The van der Waals surface area contributed by atoms with Gasteiger partial charge in [0.25, 0.3) is 0 Å². The zero-order valence-corrected chi connectivity index (χ0v) is 9.02. The molecule has 0 aromatic carbocycles. The molecular weight excluding hydrogens is 212 g/mol. The van der Waals surface area contributed by atoms with Gasteiger partial charge < -0.3 is 0 Å². The van der Waals surface area contributed by atoms with Crippen molar-refractivity contribution in [3.63, 3.8) is 0 Å². The number of rotatable bonds is 6. The van der Waals surface area contributed by atoms with Crippen molar-refractivity contribution in [1.29, 1.82) is 0 Å². The highest BCUT2D eigenvalue weighted by molar-refractivity contribution is 7.99. The summed E-state index contributed by atoms with van der Waals surface area (Å²) >= 11 is 1.50. The SMILES string of the molecule is C=CCSC(C[N+](=O)[O-])c1cccnc1. The highest BCUT2D eigenvalue weighted by atomic mass is 32.2. The molecule has 0 saturated carbocycles. The lowest BCUT2D eigenvalue weighted by Crippen LogP contribution is -2.10. The molecule has 80 valence electrons. The summed E-state index contributed by atoms with van der Waals surface area (Å²) < 4.78 is 0. The Kier molecular flexibility index (Phi) is 4.83. The summed E-state index contributed by atoms with van der Waals surface area (Å²) in [5.41, 5.74) is 0.890. The van der Waals surface area contributed by atoms with Crippen molar-refractivity contribution in [3.8, 4) is 0 Å². The van der Waals surface area contributed by atoms with Crippen LogP contribution in [-0.4, -0.2) is 22.2 Å². The Morgan fingerprint density at radius 2 is 2.53 bits per heavy atom. The molecule has 0 radical (unpaired) electrons. The molecule has 0 aliphatic heterocycles. The average molecular weight is 224 g/mol.